The number of rotatable bonds is 4. The van der Waals surface area contributed by atoms with Crippen molar-refractivity contribution in [3.63, 3.8) is 0 Å². The standard InChI is InChI=1S/C19H26N4OS/c1-13-8-10-17(11-9-13)23-16(4)20-21-19(23)25-12-18(24)22-14(2)6-5-7-15(22)3/h8-11,14-15H,5-7,12H2,1-4H3/t14-,15-/m0/s1. The summed E-state index contributed by atoms with van der Waals surface area (Å²) in [6.07, 6.45) is 3.40. The predicted octanol–water partition coefficient (Wildman–Crippen LogP) is 3.77. The third-order valence-electron chi connectivity index (χ3n) is 4.89. The van der Waals surface area contributed by atoms with Crippen LogP contribution >= 0.6 is 11.8 Å². The van der Waals surface area contributed by atoms with Gasteiger partial charge in [0.1, 0.15) is 5.82 Å². The highest BCUT2D eigenvalue weighted by molar-refractivity contribution is 7.99. The first kappa shape index (κ1) is 18.0. The lowest BCUT2D eigenvalue weighted by molar-refractivity contribution is -0.134. The molecule has 1 amide bonds. The number of aryl methyl sites for hydroxylation is 2. The number of hydrogen-bond donors (Lipinski definition) is 0. The SMILES string of the molecule is Cc1ccc(-n2c(C)nnc2SCC(=O)N2[C@@H](C)CCC[C@@H]2C)cc1. The highest BCUT2D eigenvalue weighted by Crippen LogP contribution is 2.26. The van der Waals surface area contributed by atoms with Crippen LogP contribution in [0, 0.1) is 13.8 Å². The van der Waals surface area contributed by atoms with Crippen molar-refractivity contribution in [1.82, 2.24) is 19.7 Å². The van der Waals surface area contributed by atoms with Crippen molar-refractivity contribution in [3.8, 4) is 5.69 Å². The molecule has 0 N–H and O–H groups in total. The van der Waals surface area contributed by atoms with Crippen LogP contribution in [0.3, 0.4) is 0 Å². The zero-order chi connectivity index (χ0) is 18.0. The van der Waals surface area contributed by atoms with Gasteiger partial charge in [-0.3, -0.25) is 9.36 Å². The summed E-state index contributed by atoms with van der Waals surface area (Å²) in [7, 11) is 0. The summed E-state index contributed by atoms with van der Waals surface area (Å²) in [6, 6.07) is 8.93. The first-order valence-electron chi connectivity index (χ1n) is 8.90. The van der Waals surface area contributed by atoms with Crippen LogP contribution in [0.1, 0.15) is 44.5 Å². The number of nitrogens with zero attached hydrogens (tertiary/aromatic N) is 4. The Morgan fingerprint density at radius 1 is 1.12 bits per heavy atom. The van der Waals surface area contributed by atoms with E-state index in [9.17, 15) is 4.79 Å². The Bertz CT molecular complexity index is 730. The molecule has 1 saturated heterocycles. The summed E-state index contributed by atoms with van der Waals surface area (Å²) in [6.45, 7) is 8.31. The van der Waals surface area contributed by atoms with Gasteiger partial charge in [-0.1, -0.05) is 29.5 Å². The van der Waals surface area contributed by atoms with Gasteiger partial charge >= 0.3 is 0 Å². The van der Waals surface area contributed by atoms with Crippen LogP contribution in [0.25, 0.3) is 5.69 Å². The maximum Gasteiger partial charge on any atom is 0.233 e. The topological polar surface area (TPSA) is 51.0 Å². The molecular formula is C19H26N4OS. The molecule has 0 spiro atoms. The second-order valence-electron chi connectivity index (χ2n) is 6.92. The van der Waals surface area contributed by atoms with E-state index in [1.807, 2.05) is 11.5 Å². The first-order chi connectivity index (χ1) is 12.0. The largest absolute Gasteiger partial charge is 0.337 e. The molecule has 1 aromatic carbocycles. The minimum absolute atomic E-state index is 0.195. The van der Waals surface area contributed by atoms with E-state index in [4.69, 9.17) is 0 Å². The van der Waals surface area contributed by atoms with Gasteiger partial charge in [-0.25, -0.2) is 0 Å². The molecule has 0 unspecified atom stereocenters. The normalized spacial score (nSPS) is 20.7. The molecule has 5 nitrogen and oxygen atoms in total. The average Bonchev–Trinajstić information content (AvgIpc) is 2.94. The molecule has 1 aliphatic heterocycles. The van der Waals surface area contributed by atoms with Crippen molar-refractivity contribution in [2.75, 3.05) is 5.75 Å². The van der Waals surface area contributed by atoms with Crippen molar-refractivity contribution in [2.45, 2.75) is 64.2 Å². The Morgan fingerprint density at radius 2 is 1.76 bits per heavy atom. The predicted molar refractivity (Wildman–Crippen MR) is 101 cm³/mol. The second kappa shape index (κ2) is 7.60. The van der Waals surface area contributed by atoms with E-state index >= 15 is 0 Å². The third-order valence-corrected chi connectivity index (χ3v) is 5.81. The van der Waals surface area contributed by atoms with Crippen LogP contribution in [0.4, 0.5) is 0 Å². The van der Waals surface area contributed by atoms with Crippen molar-refractivity contribution in [1.29, 1.82) is 0 Å². The molecule has 25 heavy (non-hydrogen) atoms. The van der Waals surface area contributed by atoms with Gasteiger partial charge in [0.15, 0.2) is 5.16 Å². The summed E-state index contributed by atoms with van der Waals surface area (Å²) < 4.78 is 2.01. The van der Waals surface area contributed by atoms with Crippen molar-refractivity contribution >= 4 is 17.7 Å². The Hall–Kier alpha value is -1.82. The molecule has 2 aromatic rings. The fourth-order valence-electron chi connectivity index (χ4n) is 3.54. The maximum absolute atomic E-state index is 12.7. The Kier molecular flexibility index (Phi) is 5.47. The van der Waals surface area contributed by atoms with Crippen LogP contribution < -0.4 is 0 Å². The minimum atomic E-state index is 0.195. The van der Waals surface area contributed by atoms with Crippen LogP contribution in [0.5, 0.6) is 0 Å². The maximum atomic E-state index is 12.7. The fourth-order valence-corrected chi connectivity index (χ4v) is 4.41. The van der Waals surface area contributed by atoms with E-state index in [0.717, 1.165) is 29.5 Å². The second-order valence-corrected chi connectivity index (χ2v) is 7.86. The average molecular weight is 359 g/mol. The molecule has 1 fully saturated rings. The molecular weight excluding hydrogens is 332 g/mol. The first-order valence-corrected chi connectivity index (χ1v) is 9.89. The Morgan fingerprint density at radius 3 is 2.40 bits per heavy atom. The minimum Gasteiger partial charge on any atom is -0.337 e. The van der Waals surface area contributed by atoms with Gasteiger partial charge < -0.3 is 4.90 Å². The third kappa shape index (κ3) is 3.89. The zero-order valence-electron chi connectivity index (χ0n) is 15.4. The van der Waals surface area contributed by atoms with E-state index in [1.165, 1.54) is 23.7 Å². The number of benzene rings is 1. The summed E-state index contributed by atoms with van der Waals surface area (Å²) in [5.74, 6) is 1.43. The highest BCUT2D eigenvalue weighted by Gasteiger charge is 2.29. The van der Waals surface area contributed by atoms with Crippen molar-refractivity contribution in [3.05, 3.63) is 35.7 Å². The molecule has 0 saturated carbocycles. The quantitative estimate of drug-likeness (QED) is 0.781. The van der Waals surface area contributed by atoms with Crippen LogP contribution in [-0.2, 0) is 4.79 Å². The smallest absolute Gasteiger partial charge is 0.233 e. The Balaban J connectivity index is 1.74. The molecule has 134 valence electrons. The summed E-state index contributed by atoms with van der Waals surface area (Å²) in [4.78, 5) is 14.8. The summed E-state index contributed by atoms with van der Waals surface area (Å²) in [5, 5.41) is 9.25. The van der Waals surface area contributed by atoms with Gasteiger partial charge in [-0.15, -0.1) is 10.2 Å². The van der Waals surface area contributed by atoms with Crippen LogP contribution in [0.2, 0.25) is 0 Å². The molecule has 2 heterocycles. The molecule has 6 heteroatoms. The number of aromatic nitrogens is 3. The Labute approximate surface area is 153 Å². The highest BCUT2D eigenvalue weighted by atomic mass is 32.2. The zero-order valence-corrected chi connectivity index (χ0v) is 16.2. The number of amides is 1. The molecule has 2 atom stereocenters. The van der Waals surface area contributed by atoms with Crippen molar-refractivity contribution < 1.29 is 4.79 Å². The van der Waals surface area contributed by atoms with Gasteiger partial charge in [-0.2, -0.15) is 0 Å². The number of thioether (sulfide) groups is 1. The lowest BCUT2D eigenvalue weighted by Crippen LogP contribution is -2.48. The number of carbonyl (C=O) groups is 1. The van der Waals surface area contributed by atoms with Gasteiger partial charge in [0.25, 0.3) is 0 Å². The lowest BCUT2D eigenvalue weighted by atomic mass is 9.98. The number of likely N-dealkylation sites (tertiary alicyclic amines) is 1. The van der Waals surface area contributed by atoms with E-state index in [0.29, 0.717) is 17.8 Å². The number of hydrogen-bond acceptors (Lipinski definition) is 4. The van der Waals surface area contributed by atoms with E-state index in [1.54, 1.807) is 0 Å². The number of carbonyl (C=O) groups excluding carboxylic acids is 1. The van der Waals surface area contributed by atoms with Crippen LogP contribution in [-0.4, -0.2) is 43.4 Å². The van der Waals surface area contributed by atoms with Gasteiger partial charge in [0.2, 0.25) is 5.91 Å². The lowest BCUT2D eigenvalue weighted by Gasteiger charge is -2.39. The number of piperidine rings is 1. The molecule has 0 bridgehead atoms. The van der Waals surface area contributed by atoms with Gasteiger partial charge in [0, 0.05) is 17.8 Å². The van der Waals surface area contributed by atoms with Gasteiger partial charge in [-0.05, 0) is 59.1 Å². The summed E-state index contributed by atoms with van der Waals surface area (Å²) >= 11 is 1.47. The van der Waals surface area contributed by atoms with E-state index < -0.39 is 0 Å². The molecule has 0 aliphatic carbocycles. The van der Waals surface area contributed by atoms with Gasteiger partial charge in [0.05, 0.1) is 5.75 Å². The van der Waals surface area contributed by atoms with Crippen LogP contribution in [0.15, 0.2) is 29.4 Å². The molecule has 3 rings (SSSR count). The van der Waals surface area contributed by atoms with E-state index in [-0.39, 0.29) is 5.91 Å². The van der Waals surface area contributed by atoms with Crippen molar-refractivity contribution in [2.24, 2.45) is 0 Å². The molecule has 1 aromatic heterocycles. The molecule has 0 radical (unpaired) electrons. The fraction of sp³-hybridized carbons (Fsp3) is 0.526. The summed E-state index contributed by atoms with van der Waals surface area (Å²) in [5.41, 5.74) is 2.25. The molecule has 1 aliphatic rings. The monoisotopic (exact) mass is 358 g/mol. The van der Waals surface area contributed by atoms with E-state index in [2.05, 4.69) is 60.1 Å².